The van der Waals surface area contributed by atoms with Gasteiger partial charge in [-0.1, -0.05) is 78.6 Å². The molecular weight excluding hydrogens is 224 g/mol. The number of thiol groups is 1. The number of hydrogen-bond acceptors (Lipinski definition) is 1. The molecule has 104 valence electrons. The fourth-order valence-electron chi connectivity index (χ4n) is 2.50. The van der Waals surface area contributed by atoms with Gasteiger partial charge in [0.1, 0.15) is 0 Å². The van der Waals surface area contributed by atoms with Gasteiger partial charge in [0.05, 0.1) is 0 Å². The lowest BCUT2D eigenvalue weighted by Crippen LogP contribution is -2.14. The van der Waals surface area contributed by atoms with E-state index in [0.29, 0.717) is 5.25 Å². The summed E-state index contributed by atoms with van der Waals surface area (Å²) in [7, 11) is 0. The molecule has 0 aromatic carbocycles. The molecule has 17 heavy (non-hydrogen) atoms. The molecule has 0 aliphatic rings. The first-order chi connectivity index (χ1) is 8.26. The van der Waals surface area contributed by atoms with Crippen molar-refractivity contribution in [3.63, 3.8) is 0 Å². The molecule has 0 fully saturated rings. The van der Waals surface area contributed by atoms with E-state index in [9.17, 15) is 0 Å². The molecule has 0 rings (SSSR count). The van der Waals surface area contributed by atoms with Gasteiger partial charge in [-0.05, 0) is 18.8 Å². The quantitative estimate of drug-likeness (QED) is 0.310. The Morgan fingerprint density at radius 2 is 1.29 bits per heavy atom. The molecule has 0 bridgehead atoms. The first-order valence-corrected chi connectivity index (χ1v) is 8.45. The lowest BCUT2D eigenvalue weighted by molar-refractivity contribution is 0.413. The average molecular weight is 259 g/mol. The highest BCUT2D eigenvalue weighted by molar-refractivity contribution is 7.81. The Balaban J connectivity index is 3.50. The van der Waals surface area contributed by atoms with Crippen LogP contribution in [0.4, 0.5) is 0 Å². The van der Waals surface area contributed by atoms with Crippen molar-refractivity contribution in [3.05, 3.63) is 0 Å². The van der Waals surface area contributed by atoms with Crippen molar-refractivity contribution in [3.8, 4) is 0 Å². The summed E-state index contributed by atoms with van der Waals surface area (Å²) >= 11 is 4.82. The molecule has 0 aromatic rings. The molecule has 0 amide bonds. The third kappa shape index (κ3) is 10.00. The predicted octanol–water partition coefficient (Wildman–Crippen LogP) is 6.25. The number of rotatable bonds is 12. The molecule has 0 aliphatic heterocycles. The van der Waals surface area contributed by atoms with Crippen molar-refractivity contribution in [1.82, 2.24) is 0 Å². The van der Waals surface area contributed by atoms with Crippen LogP contribution < -0.4 is 0 Å². The summed E-state index contributed by atoms with van der Waals surface area (Å²) < 4.78 is 0. The van der Waals surface area contributed by atoms with Crippen LogP contribution in [-0.2, 0) is 0 Å². The lowest BCUT2D eigenvalue weighted by Gasteiger charge is -2.21. The summed E-state index contributed by atoms with van der Waals surface area (Å²) in [6.45, 7) is 6.89. The summed E-state index contributed by atoms with van der Waals surface area (Å²) in [5, 5.41) is 0.651. The van der Waals surface area contributed by atoms with Gasteiger partial charge in [0.25, 0.3) is 0 Å². The summed E-state index contributed by atoms with van der Waals surface area (Å²) in [5.74, 6) is 0.855. The van der Waals surface area contributed by atoms with E-state index in [-0.39, 0.29) is 0 Å². The SMILES string of the molecule is CCCCCCCCC(S)C(CC)CCCC. The first kappa shape index (κ1) is 17.4. The van der Waals surface area contributed by atoms with Crippen molar-refractivity contribution in [1.29, 1.82) is 0 Å². The standard InChI is InChI=1S/C16H34S/c1-4-7-9-10-11-12-14-16(17)15(6-3)13-8-5-2/h15-17H,4-14H2,1-3H3. The zero-order chi connectivity index (χ0) is 12.9. The Morgan fingerprint density at radius 1 is 0.706 bits per heavy atom. The summed E-state index contributed by atoms with van der Waals surface area (Å²) in [4.78, 5) is 0. The Kier molecular flexibility index (Phi) is 13.1. The van der Waals surface area contributed by atoms with Crippen LogP contribution in [0.15, 0.2) is 0 Å². The summed E-state index contributed by atoms with van der Waals surface area (Å²) in [5.41, 5.74) is 0. The zero-order valence-corrected chi connectivity index (χ0v) is 13.3. The fraction of sp³-hybridized carbons (Fsp3) is 1.00. The minimum Gasteiger partial charge on any atom is -0.176 e. The van der Waals surface area contributed by atoms with Gasteiger partial charge >= 0.3 is 0 Å². The van der Waals surface area contributed by atoms with E-state index in [1.165, 1.54) is 70.6 Å². The maximum Gasteiger partial charge on any atom is 0.00449 e. The van der Waals surface area contributed by atoms with Crippen molar-refractivity contribution < 1.29 is 0 Å². The van der Waals surface area contributed by atoms with Crippen LogP contribution in [-0.4, -0.2) is 5.25 Å². The van der Waals surface area contributed by atoms with Crippen LogP contribution in [0.3, 0.4) is 0 Å². The number of unbranched alkanes of at least 4 members (excludes halogenated alkanes) is 6. The van der Waals surface area contributed by atoms with E-state index in [4.69, 9.17) is 12.6 Å². The Labute approximate surface area is 115 Å². The Bertz CT molecular complexity index is 144. The molecule has 0 heterocycles. The van der Waals surface area contributed by atoms with Gasteiger partial charge in [-0.3, -0.25) is 0 Å². The monoisotopic (exact) mass is 258 g/mol. The maximum atomic E-state index is 4.82. The minimum absolute atomic E-state index is 0.651. The number of hydrogen-bond donors (Lipinski definition) is 1. The highest BCUT2D eigenvalue weighted by Crippen LogP contribution is 2.25. The summed E-state index contributed by atoms with van der Waals surface area (Å²) in [6, 6.07) is 0. The van der Waals surface area contributed by atoms with Crippen LogP contribution in [0.2, 0.25) is 0 Å². The molecule has 0 nitrogen and oxygen atoms in total. The molecule has 0 aliphatic carbocycles. The van der Waals surface area contributed by atoms with Gasteiger partial charge in [0, 0.05) is 5.25 Å². The highest BCUT2D eigenvalue weighted by Gasteiger charge is 2.15. The molecule has 0 radical (unpaired) electrons. The fourth-order valence-corrected chi connectivity index (χ4v) is 3.05. The smallest absolute Gasteiger partial charge is 0.00449 e. The van der Waals surface area contributed by atoms with Crippen LogP contribution in [0.1, 0.15) is 91.4 Å². The molecule has 0 aromatic heterocycles. The van der Waals surface area contributed by atoms with Crippen molar-refractivity contribution in [2.75, 3.05) is 0 Å². The molecule has 1 heteroatoms. The van der Waals surface area contributed by atoms with Gasteiger partial charge in [0.15, 0.2) is 0 Å². The van der Waals surface area contributed by atoms with Crippen molar-refractivity contribution >= 4 is 12.6 Å². The van der Waals surface area contributed by atoms with Crippen LogP contribution in [0.5, 0.6) is 0 Å². The molecule has 2 unspecified atom stereocenters. The Hall–Kier alpha value is 0.350. The van der Waals surface area contributed by atoms with E-state index < -0.39 is 0 Å². The molecule has 0 saturated carbocycles. The molecule has 0 saturated heterocycles. The second-order valence-electron chi connectivity index (χ2n) is 5.43. The third-order valence-electron chi connectivity index (χ3n) is 3.85. The average Bonchev–Trinajstić information content (AvgIpc) is 2.34. The second-order valence-corrected chi connectivity index (χ2v) is 6.10. The second kappa shape index (κ2) is 12.8. The van der Waals surface area contributed by atoms with E-state index in [0.717, 1.165) is 5.92 Å². The minimum atomic E-state index is 0.651. The normalized spacial score (nSPS) is 14.8. The largest absolute Gasteiger partial charge is 0.176 e. The topological polar surface area (TPSA) is 0 Å². The van der Waals surface area contributed by atoms with E-state index >= 15 is 0 Å². The van der Waals surface area contributed by atoms with Gasteiger partial charge in [-0.25, -0.2) is 0 Å². The molecule has 0 spiro atoms. The predicted molar refractivity (Wildman–Crippen MR) is 84.1 cm³/mol. The van der Waals surface area contributed by atoms with Gasteiger partial charge in [-0.15, -0.1) is 0 Å². The van der Waals surface area contributed by atoms with E-state index in [2.05, 4.69) is 20.8 Å². The highest BCUT2D eigenvalue weighted by atomic mass is 32.1. The van der Waals surface area contributed by atoms with Gasteiger partial charge < -0.3 is 0 Å². The Morgan fingerprint density at radius 3 is 1.88 bits per heavy atom. The third-order valence-corrected chi connectivity index (χ3v) is 4.53. The lowest BCUT2D eigenvalue weighted by atomic mass is 9.92. The molecule has 2 atom stereocenters. The van der Waals surface area contributed by atoms with Gasteiger partial charge in [-0.2, -0.15) is 12.6 Å². The zero-order valence-electron chi connectivity index (χ0n) is 12.4. The summed E-state index contributed by atoms with van der Waals surface area (Å²) in [6.07, 6.45) is 15.2. The van der Waals surface area contributed by atoms with Crippen molar-refractivity contribution in [2.45, 2.75) is 96.7 Å². The first-order valence-electron chi connectivity index (χ1n) is 7.94. The molecule has 0 N–H and O–H groups in total. The van der Waals surface area contributed by atoms with E-state index in [1.54, 1.807) is 0 Å². The van der Waals surface area contributed by atoms with Crippen molar-refractivity contribution in [2.24, 2.45) is 5.92 Å². The molecular formula is C16H34S. The van der Waals surface area contributed by atoms with Crippen LogP contribution >= 0.6 is 12.6 Å². The maximum absolute atomic E-state index is 4.82. The van der Waals surface area contributed by atoms with E-state index in [1.807, 2.05) is 0 Å². The van der Waals surface area contributed by atoms with Crippen LogP contribution in [0.25, 0.3) is 0 Å². The van der Waals surface area contributed by atoms with Gasteiger partial charge in [0.2, 0.25) is 0 Å². The van der Waals surface area contributed by atoms with Crippen LogP contribution in [0, 0.1) is 5.92 Å².